The molecule has 1 atom stereocenters. The predicted octanol–water partition coefficient (Wildman–Crippen LogP) is 1.88. The first kappa shape index (κ1) is 10.9. The quantitative estimate of drug-likeness (QED) is 0.705. The molecule has 0 aromatic carbocycles. The van der Waals surface area contributed by atoms with E-state index in [1.54, 1.807) is 0 Å². The maximum absolute atomic E-state index is 11.0. The Hall–Kier alpha value is -0.570. The highest BCUT2D eigenvalue weighted by atomic mass is 16.4. The van der Waals surface area contributed by atoms with Crippen molar-refractivity contribution in [3.63, 3.8) is 0 Å². The molecular weight excluding hydrogens is 190 g/mol. The normalized spacial score (nSPS) is 25.3. The summed E-state index contributed by atoms with van der Waals surface area (Å²) in [6.45, 7) is 5.36. The molecule has 0 aliphatic heterocycles. The second-order valence-electron chi connectivity index (χ2n) is 5.55. The molecule has 3 heteroatoms. The van der Waals surface area contributed by atoms with Gasteiger partial charge in [-0.3, -0.25) is 4.79 Å². The molecule has 2 fully saturated rings. The number of hydrogen-bond donors (Lipinski definition) is 2. The third kappa shape index (κ3) is 2.33. The van der Waals surface area contributed by atoms with Gasteiger partial charge >= 0.3 is 5.97 Å². The van der Waals surface area contributed by atoms with Crippen molar-refractivity contribution in [3.05, 3.63) is 0 Å². The topological polar surface area (TPSA) is 49.3 Å². The monoisotopic (exact) mass is 211 g/mol. The van der Waals surface area contributed by atoms with E-state index in [9.17, 15) is 4.79 Å². The fourth-order valence-electron chi connectivity index (χ4n) is 2.32. The van der Waals surface area contributed by atoms with E-state index in [0.717, 1.165) is 19.4 Å². The molecule has 15 heavy (non-hydrogen) atoms. The lowest BCUT2D eigenvalue weighted by Crippen LogP contribution is -2.42. The molecular formula is C12H21NO2. The molecule has 0 saturated heterocycles. The lowest BCUT2D eigenvalue weighted by atomic mass is 9.92. The van der Waals surface area contributed by atoms with Crippen LogP contribution in [0, 0.1) is 17.3 Å². The van der Waals surface area contributed by atoms with Crippen molar-refractivity contribution in [3.8, 4) is 0 Å². The summed E-state index contributed by atoms with van der Waals surface area (Å²) >= 11 is 0. The van der Waals surface area contributed by atoms with Crippen LogP contribution in [0.25, 0.3) is 0 Å². The average Bonchev–Trinajstić information content (AvgIpc) is 2.98. The van der Waals surface area contributed by atoms with Crippen LogP contribution in [0.1, 0.15) is 39.5 Å². The van der Waals surface area contributed by atoms with Gasteiger partial charge in [0, 0.05) is 6.54 Å². The van der Waals surface area contributed by atoms with Crippen LogP contribution >= 0.6 is 0 Å². The van der Waals surface area contributed by atoms with Crippen LogP contribution in [-0.4, -0.2) is 23.7 Å². The van der Waals surface area contributed by atoms with Crippen molar-refractivity contribution in [1.29, 1.82) is 0 Å². The number of carboxylic acids is 1. The Bertz CT molecular complexity index is 254. The number of nitrogens with one attached hydrogen (secondary N) is 1. The van der Waals surface area contributed by atoms with Crippen molar-refractivity contribution < 1.29 is 9.90 Å². The summed E-state index contributed by atoms with van der Waals surface area (Å²) < 4.78 is 0. The van der Waals surface area contributed by atoms with E-state index in [1.165, 1.54) is 12.8 Å². The highest BCUT2D eigenvalue weighted by Crippen LogP contribution is 2.51. The summed E-state index contributed by atoms with van der Waals surface area (Å²) in [5.74, 6) is 0.390. The summed E-state index contributed by atoms with van der Waals surface area (Å²) in [4.78, 5) is 11.0. The van der Waals surface area contributed by atoms with Crippen molar-refractivity contribution >= 4 is 5.97 Å². The second kappa shape index (κ2) is 3.78. The van der Waals surface area contributed by atoms with Crippen LogP contribution in [0.15, 0.2) is 0 Å². The Morgan fingerprint density at radius 2 is 2.07 bits per heavy atom. The van der Waals surface area contributed by atoms with Crippen molar-refractivity contribution in [1.82, 2.24) is 5.32 Å². The largest absolute Gasteiger partial charge is 0.480 e. The van der Waals surface area contributed by atoms with Crippen LogP contribution in [-0.2, 0) is 4.79 Å². The van der Waals surface area contributed by atoms with Crippen LogP contribution < -0.4 is 5.32 Å². The lowest BCUT2D eigenvalue weighted by Gasteiger charge is -2.23. The molecule has 0 spiro atoms. The van der Waals surface area contributed by atoms with E-state index in [4.69, 9.17) is 5.11 Å². The fourth-order valence-corrected chi connectivity index (χ4v) is 2.32. The van der Waals surface area contributed by atoms with Crippen molar-refractivity contribution in [2.24, 2.45) is 17.3 Å². The molecule has 0 heterocycles. The molecule has 0 amide bonds. The molecule has 2 rings (SSSR count). The Kier molecular flexibility index (Phi) is 2.75. The summed E-state index contributed by atoms with van der Waals surface area (Å²) in [5.41, 5.74) is 0.405. The van der Waals surface area contributed by atoms with Gasteiger partial charge < -0.3 is 10.4 Å². The molecule has 0 radical (unpaired) electrons. The molecule has 0 aromatic rings. The zero-order valence-electron chi connectivity index (χ0n) is 9.62. The van der Waals surface area contributed by atoms with Crippen LogP contribution in [0.4, 0.5) is 0 Å². The lowest BCUT2D eigenvalue weighted by molar-refractivity contribution is -0.140. The van der Waals surface area contributed by atoms with Gasteiger partial charge in [-0.05, 0) is 42.9 Å². The smallest absolute Gasteiger partial charge is 0.320 e. The van der Waals surface area contributed by atoms with Gasteiger partial charge in [-0.2, -0.15) is 0 Å². The Balaban J connectivity index is 1.83. The standard InChI is InChI=1S/C12H21NO2/c1-8(2)12(5-6-12)7-13-10(11(14)15)9-3-4-9/h8-10,13H,3-7H2,1-2H3,(H,14,15). The molecule has 86 valence electrons. The van der Waals surface area contributed by atoms with Crippen LogP contribution in [0.3, 0.4) is 0 Å². The van der Waals surface area contributed by atoms with E-state index >= 15 is 0 Å². The molecule has 0 aromatic heterocycles. The number of aliphatic carboxylic acids is 1. The van der Waals surface area contributed by atoms with Gasteiger partial charge in [-0.1, -0.05) is 13.8 Å². The highest BCUT2D eigenvalue weighted by Gasteiger charge is 2.46. The van der Waals surface area contributed by atoms with E-state index in [-0.39, 0.29) is 6.04 Å². The van der Waals surface area contributed by atoms with Gasteiger partial charge in [0.2, 0.25) is 0 Å². The minimum atomic E-state index is -0.669. The third-order valence-electron chi connectivity index (χ3n) is 4.15. The average molecular weight is 211 g/mol. The molecule has 1 unspecified atom stereocenters. The second-order valence-corrected chi connectivity index (χ2v) is 5.55. The SMILES string of the molecule is CC(C)C1(CNC(C(=O)O)C2CC2)CC1. The number of rotatable bonds is 6. The Morgan fingerprint density at radius 3 is 2.40 bits per heavy atom. The van der Waals surface area contributed by atoms with Gasteiger partial charge in [-0.15, -0.1) is 0 Å². The van der Waals surface area contributed by atoms with Gasteiger partial charge in [0.15, 0.2) is 0 Å². The van der Waals surface area contributed by atoms with Crippen LogP contribution in [0.5, 0.6) is 0 Å². The molecule has 2 aliphatic rings. The maximum Gasteiger partial charge on any atom is 0.320 e. The molecule has 2 N–H and O–H groups in total. The van der Waals surface area contributed by atoms with Gasteiger partial charge in [-0.25, -0.2) is 0 Å². The Morgan fingerprint density at radius 1 is 1.47 bits per heavy atom. The first-order valence-electron chi connectivity index (χ1n) is 6.01. The van der Waals surface area contributed by atoms with E-state index < -0.39 is 5.97 Å². The molecule has 0 bridgehead atoms. The van der Waals surface area contributed by atoms with Gasteiger partial charge in [0.25, 0.3) is 0 Å². The third-order valence-corrected chi connectivity index (χ3v) is 4.15. The minimum Gasteiger partial charge on any atom is -0.480 e. The molecule has 2 saturated carbocycles. The van der Waals surface area contributed by atoms with Crippen molar-refractivity contribution in [2.45, 2.75) is 45.6 Å². The summed E-state index contributed by atoms with van der Waals surface area (Å²) in [5, 5.41) is 12.3. The van der Waals surface area contributed by atoms with Crippen LogP contribution in [0.2, 0.25) is 0 Å². The van der Waals surface area contributed by atoms with E-state index in [0.29, 0.717) is 17.3 Å². The summed E-state index contributed by atoms with van der Waals surface area (Å²) in [6, 6.07) is -0.291. The van der Waals surface area contributed by atoms with E-state index in [2.05, 4.69) is 19.2 Å². The Labute approximate surface area is 91.2 Å². The van der Waals surface area contributed by atoms with Gasteiger partial charge in [0.05, 0.1) is 0 Å². The summed E-state index contributed by atoms with van der Waals surface area (Å²) in [7, 11) is 0. The van der Waals surface area contributed by atoms with Crippen molar-refractivity contribution in [2.75, 3.05) is 6.54 Å². The number of carbonyl (C=O) groups is 1. The maximum atomic E-state index is 11.0. The number of hydrogen-bond acceptors (Lipinski definition) is 2. The van der Waals surface area contributed by atoms with E-state index in [1.807, 2.05) is 0 Å². The first-order valence-corrected chi connectivity index (χ1v) is 6.01. The zero-order chi connectivity index (χ0) is 11.1. The molecule has 3 nitrogen and oxygen atoms in total. The zero-order valence-corrected chi connectivity index (χ0v) is 9.62. The number of carboxylic acid groups (broad SMARTS) is 1. The highest BCUT2D eigenvalue weighted by molar-refractivity contribution is 5.74. The minimum absolute atomic E-state index is 0.291. The fraction of sp³-hybridized carbons (Fsp3) is 0.917. The first-order chi connectivity index (χ1) is 7.05. The van der Waals surface area contributed by atoms with Gasteiger partial charge in [0.1, 0.15) is 6.04 Å². The molecule has 2 aliphatic carbocycles. The predicted molar refractivity (Wildman–Crippen MR) is 58.7 cm³/mol. The summed E-state index contributed by atoms with van der Waals surface area (Å²) in [6.07, 6.45) is 4.68.